The van der Waals surface area contributed by atoms with E-state index in [1.54, 1.807) is 42.5 Å². The van der Waals surface area contributed by atoms with E-state index in [2.05, 4.69) is 50.8 Å². The van der Waals surface area contributed by atoms with Crippen LogP contribution in [0.4, 0.5) is 0 Å². The van der Waals surface area contributed by atoms with Gasteiger partial charge in [0.05, 0.1) is 6.07 Å². The van der Waals surface area contributed by atoms with E-state index < -0.39 is 59.6 Å². The number of amides is 6. The summed E-state index contributed by atoms with van der Waals surface area (Å²) in [5.74, 6) is -3.10. The first-order valence-corrected chi connectivity index (χ1v) is 24.9. The highest BCUT2D eigenvalue weighted by Crippen LogP contribution is 2.40. The van der Waals surface area contributed by atoms with E-state index in [9.17, 15) is 34.0 Å². The fourth-order valence-electron chi connectivity index (χ4n) is 8.13. The fraction of sp³-hybridized carbons (Fsp3) is 0.500. The number of nitrogens with zero attached hydrogens (tertiary/aromatic N) is 2. The number of nitriles is 1. The van der Waals surface area contributed by atoms with Crippen LogP contribution in [0.5, 0.6) is 11.5 Å². The molecule has 0 fully saturated rings. The lowest BCUT2D eigenvalue weighted by atomic mass is 9.93. The molecular weight excluding hydrogens is 996 g/mol. The molecule has 3 aromatic carbocycles. The summed E-state index contributed by atoms with van der Waals surface area (Å²) in [7, 11) is 1.41. The van der Waals surface area contributed by atoms with Crippen molar-refractivity contribution in [2.75, 3.05) is 46.4 Å². The Hall–Kier alpha value is -5.82. The molecule has 1 aliphatic rings. The summed E-state index contributed by atoms with van der Waals surface area (Å²) in [5, 5.41) is 20.0. The van der Waals surface area contributed by atoms with Crippen LogP contribution >= 0.6 is 22.6 Å². The number of rotatable bonds is 25. The highest BCUT2D eigenvalue weighted by molar-refractivity contribution is 14.1. The maximum Gasteiger partial charge on any atom is 0.252 e. The molecule has 0 aromatic heterocycles. The van der Waals surface area contributed by atoms with Gasteiger partial charge in [-0.15, -0.1) is 0 Å². The number of unbranched alkanes of at least 4 members (excludes halogenated alkanes) is 5. The van der Waals surface area contributed by atoms with Crippen LogP contribution in [0.3, 0.4) is 0 Å². The third kappa shape index (κ3) is 16.4. The van der Waals surface area contributed by atoms with Crippen molar-refractivity contribution >= 4 is 58.0 Å². The van der Waals surface area contributed by atoms with E-state index in [1.165, 1.54) is 44.6 Å². The van der Waals surface area contributed by atoms with E-state index in [0.717, 1.165) is 24.8 Å². The van der Waals surface area contributed by atoms with Gasteiger partial charge in [-0.25, -0.2) is 0 Å². The van der Waals surface area contributed by atoms with Gasteiger partial charge in [0.15, 0.2) is 0 Å². The highest BCUT2D eigenvalue weighted by atomic mass is 127. The molecule has 0 radical (unpaired) electrons. The smallest absolute Gasteiger partial charge is 0.252 e. The van der Waals surface area contributed by atoms with Crippen LogP contribution in [0.25, 0.3) is 11.1 Å². The van der Waals surface area contributed by atoms with Crippen molar-refractivity contribution in [2.45, 2.75) is 113 Å². The number of primary amides is 1. The summed E-state index contributed by atoms with van der Waals surface area (Å²) in [6.45, 7) is 3.95. The molecule has 12 N–H and O–H groups in total. The number of hydrogen-bond acceptors (Lipinski definition) is 12. The summed E-state index contributed by atoms with van der Waals surface area (Å²) in [6.07, 6.45) is 8.16. The average molecular weight is 1070 g/mol. The quantitative estimate of drug-likeness (QED) is 0.0262. The van der Waals surface area contributed by atoms with Gasteiger partial charge in [0, 0.05) is 53.6 Å². The van der Waals surface area contributed by atoms with Crippen LogP contribution in [0.15, 0.2) is 54.6 Å². The number of nitrogens with two attached hydrogens (primary N) is 4. The Balaban J connectivity index is 1.79. The molecule has 19 heteroatoms. The summed E-state index contributed by atoms with van der Waals surface area (Å²) >= 11 is 2.41. The first-order chi connectivity index (χ1) is 33.2. The van der Waals surface area contributed by atoms with Crippen molar-refractivity contribution in [2.24, 2.45) is 22.9 Å². The van der Waals surface area contributed by atoms with Gasteiger partial charge in [-0.3, -0.25) is 28.8 Å². The van der Waals surface area contributed by atoms with Crippen LogP contribution in [0, 0.1) is 11.3 Å². The molecule has 0 saturated heterocycles. The Morgan fingerprint density at radius 3 is 2.19 bits per heavy atom. The Bertz CT molecular complexity index is 2290. The molecule has 0 spiro atoms. The number of benzene rings is 3. The third-order valence-electron chi connectivity index (χ3n) is 11.8. The standard InChI is InChI=1S/C50H69IN10O8/c1-4-5-6-7-8-9-10-39(51)34-12-15-36(33(29-34)14-18-44(56)62)47(64)59-40(19-20-52)50(67)61(3)45-35-13-17-43(69-26-23-55)38(30-35)37-27-32(11-16-42(37)68-25-22-54)28-41(48(65)57-24-21-53)60-46(63)31(2)58-49(45)66/h11-13,15-17,27,29-31,39-41,45H,4-10,14,18-20,22-26,28,52,54-55H2,1-3H3,(H2,56,62)(H,57,65)(H,58,66)(H,59,64)(H,60,63)/t31-,39+,40-,41-,45-/m0/s1. The minimum absolute atomic E-state index is 0.00451. The molecule has 3 aromatic rings. The Kier molecular flexibility index (Phi) is 23.1. The number of aryl methyl sites for hydroxylation is 1. The number of hydrogen-bond donors (Lipinski definition) is 8. The van der Waals surface area contributed by atoms with E-state index in [-0.39, 0.29) is 74.6 Å². The Morgan fingerprint density at radius 2 is 1.54 bits per heavy atom. The molecule has 1 aliphatic heterocycles. The molecule has 18 nitrogen and oxygen atoms in total. The number of nitrogens with one attached hydrogen (secondary N) is 4. The Morgan fingerprint density at radius 1 is 0.870 bits per heavy atom. The normalized spacial score (nSPS) is 16.6. The van der Waals surface area contributed by atoms with Crippen molar-refractivity contribution in [1.29, 1.82) is 5.26 Å². The topological polar surface area (TPSA) is 300 Å². The first-order valence-electron chi connectivity index (χ1n) is 23.7. The van der Waals surface area contributed by atoms with Crippen molar-refractivity contribution < 1.29 is 38.2 Å². The number of fused-ring (bicyclic) bond motifs is 5. The lowest BCUT2D eigenvalue weighted by Gasteiger charge is -2.32. The Labute approximate surface area is 418 Å². The number of halogens is 1. The minimum atomic E-state index is -1.42. The molecule has 4 rings (SSSR count). The summed E-state index contributed by atoms with van der Waals surface area (Å²) in [5.41, 5.74) is 27.0. The average Bonchev–Trinajstić information content (AvgIpc) is 3.33. The zero-order valence-electron chi connectivity index (χ0n) is 40.0. The molecule has 0 saturated carbocycles. The van der Waals surface area contributed by atoms with Gasteiger partial charge in [0.25, 0.3) is 5.91 Å². The minimum Gasteiger partial charge on any atom is -0.492 e. The molecule has 0 unspecified atom stereocenters. The number of likely N-dealkylation sites (N-methyl/N-ethyl adjacent to an activating group) is 1. The predicted octanol–water partition coefficient (Wildman–Crippen LogP) is 3.51. The molecule has 5 atom stereocenters. The van der Waals surface area contributed by atoms with Gasteiger partial charge in [0.1, 0.15) is 55.4 Å². The lowest BCUT2D eigenvalue weighted by molar-refractivity contribution is -0.141. The second-order valence-electron chi connectivity index (χ2n) is 17.1. The number of ether oxygens (including phenoxy) is 2. The van der Waals surface area contributed by atoms with Gasteiger partial charge in [-0.1, -0.05) is 92.3 Å². The molecule has 0 aliphatic carbocycles. The molecular formula is C50H69IN10O8. The molecule has 6 amide bonds. The number of carbonyl (C=O) groups excluding carboxylic acids is 6. The van der Waals surface area contributed by atoms with E-state index >= 15 is 0 Å². The van der Waals surface area contributed by atoms with Crippen LogP contribution < -0.4 is 53.7 Å². The molecule has 1 heterocycles. The summed E-state index contributed by atoms with van der Waals surface area (Å²) in [6, 6.07) is 12.5. The van der Waals surface area contributed by atoms with Gasteiger partial charge in [-0.05, 0) is 85.3 Å². The van der Waals surface area contributed by atoms with Crippen LogP contribution in [-0.2, 0) is 36.8 Å². The number of carbonyl (C=O) groups is 6. The van der Waals surface area contributed by atoms with Gasteiger partial charge in [0.2, 0.25) is 29.5 Å². The molecule has 69 heavy (non-hydrogen) atoms. The summed E-state index contributed by atoms with van der Waals surface area (Å²) < 4.78 is 12.4. The predicted molar refractivity (Wildman–Crippen MR) is 272 cm³/mol. The van der Waals surface area contributed by atoms with Crippen LogP contribution in [0.1, 0.15) is 114 Å². The molecule has 4 bridgehead atoms. The SMILES string of the molecule is CCCCCCCC[C@@H](I)c1ccc(C(=O)N[C@@H](CCN)C(=O)N(C)[C@@H]2C(=O)N[C@@H](C)C(=O)N[C@H](C(=O)NCC#N)Cc3ccc(OCCN)c(c3)-c3cc2ccc3OCCN)c(CCC(N)=O)c1. The van der Waals surface area contributed by atoms with Crippen molar-refractivity contribution in [3.05, 3.63) is 82.4 Å². The first kappa shape index (κ1) is 55.8. The van der Waals surface area contributed by atoms with Crippen molar-refractivity contribution in [3.8, 4) is 28.7 Å². The zero-order valence-corrected chi connectivity index (χ0v) is 42.1. The lowest BCUT2D eigenvalue weighted by Crippen LogP contribution is -2.56. The van der Waals surface area contributed by atoms with Crippen LogP contribution in [-0.4, -0.2) is 105 Å². The van der Waals surface area contributed by atoms with Gasteiger partial charge in [-0.2, -0.15) is 5.26 Å². The van der Waals surface area contributed by atoms with Crippen LogP contribution in [0.2, 0.25) is 0 Å². The van der Waals surface area contributed by atoms with Crippen molar-refractivity contribution in [1.82, 2.24) is 26.2 Å². The van der Waals surface area contributed by atoms with Crippen molar-refractivity contribution in [3.63, 3.8) is 0 Å². The second-order valence-corrected chi connectivity index (χ2v) is 18.6. The highest BCUT2D eigenvalue weighted by Gasteiger charge is 2.36. The maximum atomic E-state index is 14.8. The largest absolute Gasteiger partial charge is 0.492 e. The fourth-order valence-corrected chi connectivity index (χ4v) is 8.96. The monoisotopic (exact) mass is 1060 g/mol. The maximum absolute atomic E-state index is 14.8. The molecule has 374 valence electrons. The third-order valence-corrected chi connectivity index (χ3v) is 13.1. The van der Waals surface area contributed by atoms with E-state index in [1.807, 2.05) is 18.2 Å². The van der Waals surface area contributed by atoms with E-state index in [0.29, 0.717) is 39.3 Å². The zero-order chi connectivity index (χ0) is 50.5. The van der Waals surface area contributed by atoms with Gasteiger partial charge >= 0.3 is 0 Å². The summed E-state index contributed by atoms with van der Waals surface area (Å²) in [4.78, 5) is 84.1. The van der Waals surface area contributed by atoms with Gasteiger partial charge < -0.3 is 58.6 Å². The van der Waals surface area contributed by atoms with E-state index in [4.69, 9.17) is 32.4 Å². The second kappa shape index (κ2) is 28.6. The number of alkyl halides is 1.